The smallest absolute Gasteiger partial charge is 0.00875 e. The van der Waals surface area contributed by atoms with Crippen LogP contribution in [0.4, 0.5) is 0 Å². The average molecular weight is 281 g/mol. The van der Waals surface area contributed by atoms with Crippen LogP contribution in [0.1, 0.15) is 23.5 Å². The lowest BCUT2D eigenvalue weighted by Crippen LogP contribution is -2.19. The summed E-state index contributed by atoms with van der Waals surface area (Å²) >= 11 is 0. The van der Waals surface area contributed by atoms with Crippen LogP contribution in [-0.2, 0) is 6.42 Å². The van der Waals surface area contributed by atoms with Crippen LogP contribution in [0.5, 0.6) is 0 Å². The number of hydrogen-bond acceptors (Lipinski definition) is 0. The highest BCUT2D eigenvalue weighted by Gasteiger charge is 2.27. The molecule has 1 radical (unpaired) electrons. The van der Waals surface area contributed by atoms with Gasteiger partial charge in [-0.15, -0.1) is 0 Å². The fraction of sp³-hybridized carbons (Fsp3) is 0.182. The van der Waals surface area contributed by atoms with Gasteiger partial charge in [-0.05, 0) is 57.5 Å². The first-order valence-electron chi connectivity index (χ1n) is 8.10. The summed E-state index contributed by atoms with van der Waals surface area (Å²) in [5.41, 5.74) is 3.05. The van der Waals surface area contributed by atoms with E-state index in [0.29, 0.717) is 11.8 Å². The van der Waals surface area contributed by atoms with E-state index in [-0.39, 0.29) is 0 Å². The van der Waals surface area contributed by atoms with Crippen molar-refractivity contribution in [1.29, 1.82) is 0 Å². The molecule has 0 nitrogen and oxygen atoms in total. The number of allylic oxidation sites excluding steroid dienone is 4. The van der Waals surface area contributed by atoms with Crippen LogP contribution in [0.3, 0.4) is 0 Å². The summed E-state index contributed by atoms with van der Waals surface area (Å²) in [6.07, 6.45) is 12.4. The quantitative estimate of drug-likeness (QED) is 0.473. The van der Waals surface area contributed by atoms with Crippen molar-refractivity contribution in [3.63, 3.8) is 0 Å². The molecule has 2 aliphatic carbocycles. The Kier molecular flexibility index (Phi) is 2.54. The highest BCUT2D eigenvalue weighted by molar-refractivity contribution is 6.07. The zero-order valence-corrected chi connectivity index (χ0v) is 12.4. The summed E-state index contributed by atoms with van der Waals surface area (Å²) in [6.45, 7) is 0. The van der Waals surface area contributed by atoms with E-state index in [1.807, 2.05) is 0 Å². The Bertz CT molecular complexity index is 943. The molecule has 0 amide bonds. The van der Waals surface area contributed by atoms with Gasteiger partial charge in [-0.2, -0.15) is 0 Å². The predicted molar refractivity (Wildman–Crippen MR) is 93.0 cm³/mol. The van der Waals surface area contributed by atoms with Gasteiger partial charge in [0.05, 0.1) is 0 Å². The van der Waals surface area contributed by atoms with Crippen molar-refractivity contribution in [2.45, 2.75) is 18.8 Å². The van der Waals surface area contributed by atoms with Crippen LogP contribution >= 0.6 is 0 Å². The molecule has 0 aromatic heterocycles. The monoisotopic (exact) mass is 281 g/mol. The van der Waals surface area contributed by atoms with Gasteiger partial charge in [0.25, 0.3) is 0 Å². The first-order chi connectivity index (χ1) is 10.9. The first kappa shape index (κ1) is 12.2. The molecule has 3 aromatic carbocycles. The predicted octanol–water partition coefficient (Wildman–Crippen LogP) is 5.57. The van der Waals surface area contributed by atoms with Crippen LogP contribution in [0.25, 0.3) is 21.5 Å². The van der Waals surface area contributed by atoms with E-state index >= 15 is 0 Å². The van der Waals surface area contributed by atoms with Crippen LogP contribution in [0, 0.1) is 12.0 Å². The molecule has 0 spiro atoms. The van der Waals surface area contributed by atoms with Gasteiger partial charge >= 0.3 is 0 Å². The summed E-state index contributed by atoms with van der Waals surface area (Å²) in [5, 5.41) is 5.47. The van der Waals surface area contributed by atoms with Gasteiger partial charge in [0.2, 0.25) is 0 Å². The Morgan fingerprint density at radius 2 is 1.82 bits per heavy atom. The number of aryl methyl sites for hydroxylation is 1. The van der Waals surface area contributed by atoms with Crippen molar-refractivity contribution in [1.82, 2.24) is 0 Å². The lowest BCUT2D eigenvalue weighted by molar-refractivity contribution is 0.498. The van der Waals surface area contributed by atoms with E-state index in [0.717, 1.165) is 0 Å². The van der Waals surface area contributed by atoms with Crippen LogP contribution < -0.4 is 0 Å². The minimum Gasteiger partial charge on any atom is -0.0758 e. The molecule has 0 bridgehead atoms. The molecule has 105 valence electrons. The maximum absolute atomic E-state index is 3.27. The zero-order chi connectivity index (χ0) is 14.5. The Morgan fingerprint density at radius 3 is 2.82 bits per heavy atom. The van der Waals surface area contributed by atoms with Gasteiger partial charge in [0.1, 0.15) is 0 Å². The van der Waals surface area contributed by atoms with Crippen molar-refractivity contribution in [3.8, 4) is 0 Å². The zero-order valence-electron chi connectivity index (χ0n) is 12.4. The van der Waals surface area contributed by atoms with E-state index in [1.165, 1.54) is 45.5 Å². The summed E-state index contributed by atoms with van der Waals surface area (Å²) in [5.74, 6) is 1.18. The van der Waals surface area contributed by atoms with Crippen molar-refractivity contribution >= 4 is 21.5 Å². The molecule has 3 aromatic rings. The fourth-order valence-electron chi connectivity index (χ4n) is 4.15. The molecule has 0 fully saturated rings. The highest BCUT2D eigenvalue weighted by Crippen LogP contribution is 2.42. The van der Waals surface area contributed by atoms with Gasteiger partial charge < -0.3 is 0 Å². The molecule has 5 rings (SSSR count). The van der Waals surface area contributed by atoms with Crippen molar-refractivity contribution < 1.29 is 0 Å². The second-order valence-electron chi connectivity index (χ2n) is 6.48. The minimum atomic E-state index is 0.542. The molecular weight excluding hydrogens is 264 g/mol. The Labute approximate surface area is 130 Å². The largest absolute Gasteiger partial charge is 0.0758 e. The molecule has 2 aliphatic rings. The van der Waals surface area contributed by atoms with Crippen LogP contribution in [0.15, 0.2) is 66.8 Å². The molecule has 0 heterocycles. The first-order valence-corrected chi connectivity index (χ1v) is 8.10. The van der Waals surface area contributed by atoms with E-state index < -0.39 is 0 Å². The second-order valence-corrected chi connectivity index (χ2v) is 6.48. The Morgan fingerprint density at radius 1 is 0.909 bits per heavy atom. The maximum atomic E-state index is 3.27. The number of benzene rings is 3. The van der Waals surface area contributed by atoms with Crippen LogP contribution in [0.2, 0.25) is 0 Å². The maximum Gasteiger partial charge on any atom is 0.00875 e. The molecule has 22 heavy (non-hydrogen) atoms. The van der Waals surface area contributed by atoms with Crippen LogP contribution in [-0.4, -0.2) is 0 Å². The molecule has 0 N–H and O–H groups in total. The molecule has 2 unspecified atom stereocenters. The fourth-order valence-corrected chi connectivity index (χ4v) is 4.15. The molecule has 0 aliphatic heterocycles. The summed E-state index contributed by atoms with van der Waals surface area (Å²) in [7, 11) is 0. The third-order valence-corrected chi connectivity index (χ3v) is 5.28. The topological polar surface area (TPSA) is 0 Å². The molecular formula is C22H17. The van der Waals surface area contributed by atoms with Crippen molar-refractivity contribution in [2.24, 2.45) is 5.92 Å². The number of fused-ring (bicyclic) bond motifs is 6. The standard InChI is InChI=1S/C22H17/c1-3-7-19-15(5-1)9-11-17-14-22-18(13-21(17)19)12-10-16-6-2-4-8-20(16)22/h1,3-9,11,13-14,16,20H,10,12H2. The third-order valence-electron chi connectivity index (χ3n) is 5.28. The molecule has 0 saturated carbocycles. The van der Waals surface area contributed by atoms with E-state index in [2.05, 4.69) is 72.8 Å². The number of rotatable bonds is 0. The lowest BCUT2D eigenvalue weighted by atomic mass is 9.72. The Hall–Kier alpha value is -2.34. The van der Waals surface area contributed by atoms with E-state index in [9.17, 15) is 0 Å². The normalized spacial score (nSPS) is 22.7. The minimum absolute atomic E-state index is 0.542. The lowest BCUT2D eigenvalue weighted by Gasteiger charge is -2.31. The van der Waals surface area contributed by atoms with Gasteiger partial charge in [-0.3, -0.25) is 0 Å². The SMILES string of the molecule is [C]1=CC2CCc3cc4c(ccc5ccccc54)cc3C2C=C1. The van der Waals surface area contributed by atoms with E-state index in [1.54, 1.807) is 0 Å². The Balaban J connectivity index is 1.80. The van der Waals surface area contributed by atoms with Gasteiger partial charge in [0, 0.05) is 5.92 Å². The van der Waals surface area contributed by atoms with E-state index in [4.69, 9.17) is 0 Å². The van der Waals surface area contributed by atoms with Gasteiger partial charge in [-0.25, -0.2) is 0 Å². The molecule has 0 saturated heterocycles. The summed E-state index contributed by atoms with van der Waals surface area (Å²) < 4.78 is 0. The second kappa shape index (κ2) is 4.58. The number of hydrogen-bond donors (Lipinski definition) is 0. The highest BCUT2D eigenvalue weighted by atomic mass is 14.3. The van der Waals surface area contributed by atoms with Crippen molar-refractivity contribution in [3.05, 3.63) is 84.0 Å². The third kappa shape index (κ3) is 1.70. The molecule has 2 atom stereocenters. The van der Waals surface area contributed by atoms with Gasteiger partial charge in [0.15, 0.2) is 0 Å². The summed E-state index contributed by atoms with van der Waals surface area (Å²) in [6, 6.07) is 18.1. The van der Waals surface area contributed by atoms with Gasteiger partial charge in [-0.1, -0.05) is 66.8 Å². The average Bonchev–Trinajstić information content (AvgIpc) is 2.60. The van der Waals surface area contributed by atoms with Crippen molar-refractivity contribution in [2.75, 3.05) is 0 Å². The molecule has 0 heteroatoms. The summed E-state index contributed by atoms with van der Waals surface area (Å²) in [4.78, 5) is 0.